The lowest BCUT2D eigenvalue weighted by molar-refractivity contribution is -0.121. The van der Waals surface area contributed by atoms with Gasteiger partial charge in [-0.25, -0.2) is 0 Å². The number of ether oxygens (including phenoxy) is 1. The van der Waals surface area contributed by atoms with Crippen LogP contribution in [0.4, 0.5) is 5.69 Å². The minimum Gasteiger partial charge on any atom is -0.491 e. The minimum atomic E-state index is -0.0694. The molecule has 3 rings (SSSR count). The number of para-hydroxylation sites is 1. The average Bonchev–Trinajstić information content (AvgIpc) is 2.67. The standard InChI is InChI=1S/C20H21BrN2O3S/c21-15-5-7-16(8-6-15)22-20(25)13-27-10-9-19(24)23-17-11-14-3-1-2-4-18(14)26-12-17/h1-8,17H,9-13H2,(H,22,25)(H,23,24). The van der Waals surface area contributed by atoms with Crippen molar-refractivity contribution in [2.75, 3.05) is 23.4 Å². The van der Waals surface area contributed by atoms with E-state index in [1.165, 1.54) is 11.8 Å². The monoisotopic (exact) mass is 448 g/mol. The molecule has 1 unspecified atom stereocenters. The number of halogens is 1. The van der Waals surface area contributed by atoms with Crippen molar-refractivity contribution in [3.05, 3.63) is 58.6 Å². The summed E-state index contributed by atoms with van der Waals surface area (Å²) in [6, 6.07) is 15.3. The van der Waals surface area contributed by atoms with Crippen LogP contribution in [0.2, 0.25) is 0 Å². The molecule has 0 radical (unpaired) electrons. The van der Waals surface area contributed by atoms with Crippen LogP contribution in [0.3, 0.4) is 0 Å². The second kappa shape index (κ2) is 9.80. The quantitative estimate of drug-likeness (QED) is 0.634. The maximum absolute atomic E-state index is 12.1. The van der Waals surface area contributed by atoms with Crippen molar-refractivity contribution < 1.29 is 14.3 Å². The molecule has 0 saturated carbocycles. The third-order valence-corrected chi connectivity index (χ3v) is 5.57. The molecule has 5 nitrogen and oxygen atoms in total. The van der Waals surface area contributed by atoms with Crippen LogP contribution >= 0.6 is 27.7 Å². The summed E-state index contributed by atoms with van der Waals surface area (Å²) in [5, 5.41) is 5.85. The van der Waals surface area contributed by atoms with Crippen molar-refractivity contribution in [1.82, 2.24) is 5.32 Å². The molecular formula is C20H21BrN2O3S. The smallest absolute Gasteiger partial charge is 0.234 e. The highest BCUT2D eigenvalue weighted by molar-refractivity contribution is 9.10. The number of carbonyl (C=O) groups excluding carboxylic acids is 2. The molecule has 1 heterocycles. The van der Waals surface area contributed by atoms with Crippen LogP contribution in [-0.2, 0) is 16.0 Å². The predicted molar refractivity (Wildman–Crippen MR) is 112 cm³/mol. The van der Waals surface area contributed by atoms with Crippen LogP contribution in [0.5, 0.6) is 5.75 Å². The maximum Gasteiger partial charge on any atom is 0.234 e. The summed E-state index contributed by atoms with van der Waals surface area (Å²) in [5.41, 5.74) is 1.88. The lowest BCUT2D eigenvalue weighted by Gasteiger charge is -2.26. The average molecular weight is 449 g/mol. The molecule has 2 N–H and O–H groups in total. The molecule has 7 heteroatoms. The van der Waals surface area contributed by atoms with Crippen molar-refractivity contribution in [1.29, 1.82) is 0 Å². The SMILES string of the molecule is O=C(CSCCC(=O)NC1COc2ccccc2C1)Nc1ccc(Br)cc1. The third-order valence-electron chi connectivity index (χ3n) is 4.08. The van der Waals surface area contributed by atoms with E-state index in [0.717, 1.165) is 27.9 Å². The Morgan fingerprint density at radius 1 is 1.11 bits per heavy atom. The van der Waals surface area contributed by atoms with Gasteiger partial charge in [0.15, 0.2) is 0 Å². The van der Waals surface area contributed by atoms with E-state index in [2.05, 4.69) is 26.6 Å². The lowest BCUT2D eigenvalue weighted by Crippen LogP contribution is -2.42. The van der Waals surface area contributed by atoms with Crippen LogP contribution in [0.1, 0.15) is 12.0 Å². The molecular weight excluding hydrogens is 428 g/mol. The van der Waals surface area contributed by atoms with E-state index >= 15 is 0 Å². The fourth-order valence-electron chi connectivity index (χ4n) is 2.78. The van der Waals surface area contributed by atoms with E-state index in [4.69, 9.17) is 4.74 Å². The van der Waals surface area contributed by atoms with Gasteiger partial charge < -0.3 is 15.4 Å². The molecule has 0 spiro atoms. The molecule has 1 atom stereocenters. The largest absolute Gasteiger partial charge is 0.491 e. The molecule has 1 aliphatic heterocycles. The Balaban J connectivity index is 1.32. The Hall–Kier alpha value is -1.99. The van der Waals surface area contributed by atoms with E-state index in [0.29, 0.717) is 24.5 Å². The second-order valence-electron chi connectivity index (χ2n) is 6.24. The zero-order chi connectivity index (χ0) is 19.1. The van der Waals surface area contributed by atoms with Crippen molar-refractivity contribution in [2.45, 2.75) is 18.9 Å². The number of hydrogen-bond donors (Lipinski definition) is 2. The number of thioether (sulfide) groups is 1. The van der Waals surface area contributed by atoms with Gasteiger partial charge >= 0.3 is 0 Å². The fourth-order valence-corrected chi connectivity index (χ4v) is 3.78. The van der Waals surface area contributed by atoms with Gasteiger partial charge in [-0.15, -0.1) is 0 Å². The van der Waals surface area contributed by atoms with Gasteiger partial charge in [0.25, 0.3) is 0 Å². The van der Waals surface area contributed by atoms with Crippen LogP contribution < -0.4 is 15.4 Å². The van der Waals surface area contributed by atoms with Crippen molar-refractivity contribution in [3.8, 4) is 5.75 Å². The van der Waals surface area contributed by atoms with Crippen LogP contribution in [0.25, 0.3) is 0 Å². The highest BCUT2D eigenvalue weighted by Crippen LogP contribution is 2.23. The number of anilines is 1. The maximum atomic E-state index is 12.1. The van der Waals surface area contributed by atoms with E-state index in [1.807, 2.05) is 48.5 Å². The Labute approximate surface area is 171 Å². The van der Waals surface area contributed by atoms with Crippen molar-refractivity contribution >= 4 is 45.2 Å². The molecule has 2 aromatic rings. The number of rotatable bonds is 7. The minimum absolute atomic E-state index is 0.00176. The molecule has 2 aromatic carbocycles. The molecule has 0 fully saturated rings. The van der Waals surface area contributed by atoms with Crippen molar-refractivity contribution in [3.63, 3.8) is 0 Å². The van der Waals surface area contributed by atoms with Crippen LogP contribution in [-0.4, -0.2) is 36.0 Å². The summed E-state index contributed by atoms with van der Waals surface area (Å²) in [6.45, 7) is 0.492. The second-order valence-corrected chi connectivity index (χ2v) is 8.27. The summed E-state index contributed by atoms with van der Waals surface area (Å²) >= 11 is 4.81. The highest BCUT2D eigenvalue weighted by Gasteiger charge is 2.20. The van der Waals surface area contributed by atoms with E-state index in [-0.39, 0.29) is 17.9 Å². The Morgan fingerprint density at radius 2 is 1.89 bits per heavy atom. The first-order valence-electron chi connectivity index (χ1n) is 8.73. The molecule has 27 heavy (non-hydrogen) atoms. The van der Waals surface area contributed by atoms with Gasteiger partial charge in [0.2, 0.25) is 11.8 Å². The van der Waals surface area contributed by atoms with Gasteiger partial charge in [-0.05, 0) is 42.3 Å². The highest BCUT2D eigenvalue weighted by atomic mass is 79.9. The summed E-state index contributed by atoms with van der Waals surface area (Å²) in [5.74, 6) is 1.74. The molecule has 1 aliphatic rings. The number of nitrogens with one attached hydrogen (secondary N) is 2. The third kappa shape index (κ3) is 6.29. The number of hydrogen-bond acceptors (Lipinski definition) is 4. The number of benzene rings is 2. The van der Waals surface area contributed by atoms with Gasteiger partial charge in [-0.1, -0.05) is 34.1 Å². The zero-order valence-electron chi connectivity index (χ0n) is 14.7. The Morgan fingerprint density at radius 3 is 2.70 bits per heavy atom. The summed E-state index contributed by atoms with van der Waals surface area (Å²) in [6.07, 6.45) is 1.17. The van der Waals surface area contributed by atoms with E-state index < -0.39 is 0 Å². The molecule has 0 bridgehead atoms. The predicted octanol–water partition coefficient (Wildman–Crippen LogP) is 3.63. The first kappa shape index (κ1) is 19.8. The summed E-state index contributed by atoms with van der Waals surface area (Å²) in [7, 11) is 0. The first-order chi connectivity index (χ1) is 13.1. The molecule has 0 aromatic heterocycles. The Kier molecular flexibility index (Phi) is 7.18. The Bertz CT molecular complexity index is 798. The molecule has 0 aliphatic carbocycles. The molecule has 2 amide bonds. The summed E-state index contributed by atoms with van der Waals surface area (Å²) < 4.78 is 6.65. The fraction of sp³-hybridized carbons (Fsp3) is 0.300. The summed E-state index contributed by atoms with van der Waals surface area (Å²) in [4.78, 5) is 24.0. The van der Waals surface area contributed by atoms with Crippen molar-refractivity contribution in [2.24, 2.45) is 0 Å². The van der Waals surface area contributed by atoms with Gasteiger partial charge in [0, 0.05) is 22.3 Å². The zero-order valence-corrected chi connectivity index (χ0v) is 17.1. The van der Waals surface area contributed by atoms with Crippen LogP contribution in [0.15, 0.2) is 53.0 Å². The number of fused-ring (bicyclic) bond motifs is 1. The molecule has 142 valence electrons. The lowest BCUT2D eigenvalue weighted by atomic mass is 10.0. The molecule has 0 saturated heterocycles. The number of carbonyl (C=O) groups is 2. The van der Waals surface area contributed by atoms with Gasteiger partial charge in [-0.2, -0.15) is 11.8 Å². The van der Waals surface area contributed by atoms with Crippen LogP contribution in [0, 0.1) is 0 Å². The number of amides is 2. The van der Waals surface area contributed by atoms with Gasteiger partial charge in [0.05, 0.1) is 11.8 Å². The normalized spacial score (nSPS) is 15.4. The first-order valence-corrected chi connectivity index (χ1v) is 10.7. The topological polar surface area (TPSA) is 67.4 Å². The van der Waals surface area contributed by atoms with Gasteiger partial charge in [0.1, 0.15) is 12.4 Å². The van der Waals surface area contributed by atoms with Gasteiger partial charge in [-0.3, -0.25) is 9.59 Å². The van der Waals surface area contributed by atoms with E-state index in [9.17, 15) is 9.59 Å². The van der Waals surface area contributed by atoms with E-state index in [1.54, 1.807) is 0 Å².